The summed E-state index contributed by atoms with van der Waals surface area (Å²) in [5.74, 6) is 0.0745. The zero-order valence-corrected chi connectivity index (χ0v) is 18.7. The van der Waals surface area contributed by atoms with Crippen molar-refractivity contribution in [2.75, 3.05) is 51.0 Å². The van der Waals surface area contributed by atoms with Crippen LogP contribution in [-0.4, -0.2) is 81.3 Å². The first-order valence-corrected chi connectivity index (χ1v) is 11.9. The van der Waals surface area contributed by atoms with Crippen molar-refractivity contribution in [3.63, 3.8) is 0 Å². The number of methoxy groups -OCH3 is 1. The lowest BCUT2D eigenvalue weighted by Gasteiger charge is -2.31. The Kier molecular flexibility index (Phi) is 14.3. The van der Waals surface area contributed by atoms with Crippen LogP contribution in [0.5, 0.6) is 0 Å². The van der Waals surface area contributed by atoms with Crippen molar-refractivity contribution in [2.24, 2.45) is 11.3 Å². The van der Waals surface area contributed by atoms with E-state index in [0.717, 1.165) is 0 Å². The Morgan fingerprint density at radius 3 is 2.50 bits per heavy atom. The Labute approximate surface area is 172 Å². The summed E-state index contributed by atoms with van der Waals surface area (Å²) in [5.41, 5.74) is -0.496. The summed E-state index contributed by atoms with van der Waals surface area (Å²) >= 11 is 1.53. The average Bonchev–Trinajstić information content (AvgIpc) is 2.65. The van der Waals surface area contributed by atoms with Crippen molar-refractivity contribution in [3.05, 3.63) is 0 Å². The fraction of sp³-hybridized carbons (Fsp3) is 0.941. The number of aliphatic hydroxyl groups excluding tert-OH is 1. The highest BCUT2D eigenvalue weighted by atomic mass is 32.2. The largest absolute Gasteiger partial charge is 0.465 e. The molecule has 3 unspecified atom stereocenters. The van der Waals surface area contributed by atoms with Crippen molar-refractivity contribution in [1.82, 2.24) is 0 Å². The summed E-state index contributed by atoms with van der Waals surface area (Å²) in [4.78, 5) is 11.7. The molecule has 0 aromatic carbocycles. The topological polar surface area (TPSA) is 129 Å². The minimum Gasteiger partial charge on any atom is -0.465 e. The van der Waals surface area contributed by atoms with Crippen LogP contribution in [0.15, 0.2) is 0 Å². The molecule has 0 aliphatic rings. The maximum atomic E-state index is 11.7. The second-order valence-corrected chi connectivity index (χ2v) is 9.48. The van der Waals surface area contributed by atoms with E-state index in [9.17, 15) is 18.3 Å². The molecule has 0 aromatic rings. The van der Waals surface area contributed by atoms with Gasteiger partial charge in [-0.2, -0.15) is 20.2 Å². The summed E-state index contributed by atoms with van der Waals surface area (Å²) < 4.78 is 50.5. The van der Waals surface area contributed by atoms with Crippen LogP contribution in [0.4, 0.5) is 0 Å². The Balaban J connectivity index is 3.73. The van der Waals surface area contributed by atoms with Crippen molar-refractivity contribution >= 4 is 27.8 Å². The fourth-order valence-electron chi connectivity index (χ4n) is 2.03. The normalized spacial score (nSPS) is 16.4. The molecular formula is C17H34O9S2. The van der Waals surface area contributed by atoms with Crippen LogP contribution in [0.1, 0.15) is 33.6 Å². The number of esters is 1. The molecule has 0 radical (unpaired) electrons. The molecule has 168 valence electrons. The van der Waals surface area contributed by atoms with Gasteiger partial charge in [-0.3, -0.25) is 9.35 Å². The predicted molar refractivity (Wildman–Crippen MR) is 107 cm³/mol. The Morgan fingerprint density at radius 2 is 1.93 bits per heavy atom. The molecule has 0 saturated carbocycles. The number of thioether (sulfide) groups is 1. The van der Waals surface area contributed by atoms with Crippen molar-refractivity contribution < 1.29 is 41.8 Å². The maximum absolute atomic E-state index is 11.7. The van der Waals surface area contributed by atoms with Crippen molar-refractivity contribution in [1.29, 1.82) is 0 Å². The van der Waals surface area contributed by atoms with Gasteiger partial charge >= 0.3 is 5.97 Å². The molecule has 3 atom stereocenters. The molecule has 0 bridgehead atoms. The molecule has 0 fully saturated rings. The van der Waals surface area contributed by atoms with Crippen molar-refractivity contribution in [3.8, 4) is 0 Å². The summed E-state index contributed by atoms with van der Waals surface area (Å²) in [6.45, 7) is 6.39. The van der Waals surface area contributed by atoms with Gasteiger partial charge in [0.05, 0.1) is 31.5 Å². The first-order valence-electron chi connectivity index (χ1n) is 9.11. The van der Waals surface area contributed by atoms with Crippen LogP contribution >= 0.6 is 11.8 Å². The molecule has 28 heavy (non-hydrogen) atoms. The average molecular weight is 447 g/mol. The Morgan fingerprint density at radius 1 is 1.25 bits per heavy atom. The van der Waals surface area contributed by atoms with Gasteiger partial charge < -0.3 is 24.1 Å². The third-order valence-electron chi connectivity index (χ3n) is 4.16. The van der Waals surface area contributed by atoms with E-state index in [2.05, 4.69) is 0 Å². The van der Waals surface area contributed by atoms with Crippen LogP contribution in [0.25, 0.3) is 0 Å². The van der Waals surface area contributed by atoms with E-state index in [1.807, 2.05) is 13.8 Å². The van der Waals surface area contributed by atoms with Crippen LogP contribution in [-0.2, 0) is 33.9 Å². The van der Waals surface area contributed by atoms with Gasteiger partial charge in [0.1, 0.15) is 6.79 Å². The van der Waals surface area contributed by atoms with Gasteiger partial charge in [0.15, 0.2) is 6.29 Å². The molecule has 0 saturated heterocycles. The lowest BCUT2D eigenvalue weighted by molar-refractivity contribution is -0.185. The highest BCUT2D eigenvalue weighted by Gasteiger charge is 2.31. The molecule has 0 spiro atoms. The first-order chi connectivity index (χ1) is 13.1. The molecule has 0 rings (SSSR count). The summed E-state index contributed by atoms with van der Waals surface area (Å²) in [5, 5.41) is 9.83. The molecule has 0 aliphatic carbocycles. The SMILES string of the molecule is CCC(C)(COCOCCSCC(C)C(=O)OCCCS(=O)(=O)O)C(O)OC. The van der Waals surface area contributed by atoms with Gasteiger partial charge in [-0.05, 0) is 12.8 Å². The third kappa shape index (κ3) is 12.9. The molecule has 0 aliphatic heterocycles. The maximum Gasteiger partial charge on any atom is 0.309 e. The minimum absolute atomic E-state index is 0.0392. The molecule has 0 amide bonds. The summed E-state index contributed by atoms with van der Waals surface area (Å²) in [7, 11) is -2.58. The standard InChI is InChI=1S/C17H34O9S2/c1-5-17(3,16(19)23-4)12-25-13-24-8-9-27-11-14(2)15(18)26-7-6-10-28(20,21)22/h14,16,19H,5-13H2,1-4H3,(H,20,21,22). The molecule has 0 aromatic heterocycles. The van der Waals surface area contributed by atoms with Crippen LogP contribution < -0.4 is 0 Å². The van der Waals surface area contributed by atoms with E-state index in [1.165, 1.54) is 18.9 Å². The van der Waals surface area contributed by atoms with E-state index < -0.39 is 33.5 Å². The zero-order chi connectivity index (χ0) is 21.6. The molecule has 9 nitrogen and oxygen atoms in total. The highest BCUT2D eigenvalue weighted by Crippen LogP contribution is 2.26. The van der Waals surface area contributed by atoms with Gasteiger partial charge in [-0.1, -0.05) is 20.8 Å². The fourth-order valence-corrected chi connectivity index (χ4v) is 3.40. The number of carbonyl (C=O) groups excluding carboxylic acids is 1. The number of hydrogen-bond acceptors (Lipinski definition) is 9. The van der Waals surface area contributed by atoms with Gasteiger partial charge in [-0.15, -0.1) is 0 Å². The molecule has 2 N–H and O–H groups in total. The number of hydrogen-bond donors (Lipinski definition) is 2. The Bertz CT molecular complexity index is 527. The number of aliphatic hydroxyl groups is 1. The molecule has 11 heteroatoms. The van der Waals surface area contributed by atoms with E-state index in [4.69, 9.17) is 23.5 Å². The van der Waals surface area contributed by atoms with Crippen LogP contribution in [0.2, 0.25) is 0 Å². The number of carbonyl (C=O) groups is 1. The summed E-state index contributed by atoms with van der Waals surface area (Å²) in [6.07, 6.45) is -0.138. The van der Waals surface area contributed by atoms with E-state index in [-0.39, 0.29) is 25.7 Å². The van der Waals surface area contributed by atoms with Crippen molar-refractivity contribution in [2.45, 2.75) is 39.9 Å². The predicted octanol–water partition coefficient (Wildman–Crippen LogP) is 1.55. The lowest BCUT2D eigenvalue weighted by Crippen LogP contribution is -2.37. The van der Waals surface area contributed by atoms with Gasteiger partial charge in [0.2, 0.25) is 0 Å². The lowest BCUT2D eigenvalue weighted by atomic mass is 9.88. The van der Waals surface area contributed by atoms with E-state index >= 15 is 0 Å². The number of ether oxygens (including phenoxy) is 4. The van der Waals surface area contributed by atoms with Gasteiger partial charge in [-0.25, -0.2) is 0 Å². The quantitative estimate of drug-likeness (QED) is 0.147. The number of rotatable bonds is 17. The van der Waals surface area contributed by atoms with Gasteiger partial charge in [0.25, 0.3) is 10.1 Å². The molecular weight excluding hydrogens is 412 g/mol. The molecule has 0 heterocycles. The van der Waals surface area contributed by atoms with Crippen LogP contribution in [0, 0.1) is 11.3 Å². The van der Waals surface area contributed by atoms with E-state index in [0.29, 0.717) is 31.1 Å². The second kappa shape index (κ2) is 14.5. The third-order valence-corrected chi connectivity index (χ3v) is 6.15. The van der Waals surface area contributed by atoms with Crippen LogP contribution in [0.3, 0.4) is 0 Å². The second-order valence-electron chi connectivity index (χ2n) is 6.75. The summed E-state index contributed by atoms with van der Waals surface area (Å²) in [6, 6.07) is 0. The smallest absolute Gasteiger partial charge is 0.309 e. The monoisotopic (exact) mass is 446 g/mol. The van der Waals surface area contributed by atoms with Gasteiger partial charge in [0, 0.05) is 24.0 Å². The Hall–Kier alpha value is -0.430. The first kappa shape index (κ1) is 27.6. The highest BCUT2D eigenvalue weighted by molar-refractivity contribution is 7.99. The zero-order valence-electron chi connectivity index (χ0n) is 17.1. The van der Waals surface area contributed by atoms with E-state index in [1.54, 1.807) is 6.92 Å². The minimum atomic E-state index is -4.02.